The minimum Gasteiger partial charge on any atom is -0.382 e. The summed E-state index contributed by atoms with van der Waals surface area (Å²) in [6, 6.07) is 6.73. The van der Waals surface area contributed by atoms with Crippen LogP contribution in [0.2, 0.25) is 10.0 Å². The van der Waals surface area contributed by atoms with Crippen LogP contribution in [0.25, 0.3) is 5.69 Å². The van der Waals surface area contributed by atoms with Crippen molar-refractivity contribution in [3.8, 4) is 5.69 Å². The van der Waals surface area contributed by atoms with E-state index in [4.69, 9.17) is 28.9 Å². The van der Waals surface area contributed by atoms with Crippen molar-refractivity contribution in [2.45, 2.75) is 0 Å². The Labute approximate surface area is 101 Å². The minimum atomic E-state index is -0.482. The predicted molar refractivity (Wildman–Crippen MR) is 64.3 cm³/mol. The third-order valence-electron chi connectivity index (χ3n) is 2.01. The lowest BCUT2D eigenvalue weighted by molar-refractivity contribution is 0.920. The second-order valence-corrected chi connectivity index (χ2v) is 3.95. The first kappa shape index (κ1) is 11.0. The summed E-state index contributed by atoms with van der Waals surface area (Å²) in [5.41, 5.74) is 5.56. The molecule has 0 saturated carbocycles. The van der Waals surface area contributed by atoms with E-state index in [1.165, 1.54) is 10.8 Å². The van der Waals surface area contributed by atoms with Crippen LogP contribution in [0.4, 0.5) is 5.82 Å². The summed E-state index contributed by atoms with van der Waals surface area (Å²) in [6.07, 6.45) is 1.43. The summed E-state index contributed by atoms with van der Waals surface area (Å²) in [5, 5.41) is 0.820. The first-order chi connectivity index (χ1) is 7.58. The number of hydrogen-bond acceptors (Lipinski definition) is 3. The van der Waals surface area contributed by atoms with Gasteiger partial charge in [-0.2, -0.15) is 4.98 Å². The zero-order valence-electron chi connectivity index (χ0n) is 8.02. The van der Waals surface area contributed by atoms with Crippen LogP contribution in [0, 0.1) is 0 Å². The van der Waals surface area contributed by atoms with Gasteiger partial charge in [-0.15, -0.1) is 0 Å². The molecule has 0 amide bonds. The highest BCUT2D eigenvalue weighted by atomic mass is 35.5. The fraction of sp³-hybridized carbons (Fsp3) is 0. The zero-order chi connectivity index (χ0) is 11.7. The summed E-state index contributed by atoms with van der Waals surface area (Å²) in [5.74, 6) is 0.0249. The predicted octanol–water partition coefficient (Wildman–Crippen LogP) is 2.12. The Morgan fingerprint density at radius 2 is 1.81 bits per heavy atom. The minimum absolute atomic E-state index is 0.0249. The van der Waals surface area contributed by atoms with Crippen molar-refractivity contribution in [1.82, 2.24) is 9.55 Å². The molecule has 0 saturated heterocycles. The number of nitrogens with zero attached hydrogens (tertiary/aromatic N) is 2. The number of nitrogen functional groups attached to an aromatic ring is 1. The fourth-order valence-corrected chi connectivity index (χ4v) is 1.50. The van der Waals surface area contributed by atoms with E-state index in [0.717, 1.165) is 0 Å². The van der Waals surface area contributed by atoms with Crippen LogP contribution in [-0.2, 0) is 0 Å². The van der Waals surface area contributed by atoms with Crippen molar-refractivity contribution < 1.29 is 0 Å². The maximum Gasteiger partial charge on any atom is 0.354 e. The van der Waals surface area contributed by atoms with Crippen LogP contribution in [0.15, 0.2) is 35.3 Å². The number of aromatic nitrogens is 2. The molecule has 0 aliphatic heterocycles. The smallest absolute Gasteiger partial charge is 0.354 e. The Bertz CT molecular complexity index is 578. The van der Waals surface area contributed by atoms with E-state index in [0.29, 0.717) is 10.7 Å². The van der Waals surface area contributed by atoms with Gasteiger partial charge in [0.05, 0.1) is 10.7 Å². The average molecular weight is 256 g/mol. The summed E-state index contributed by atoms with van der Waals surface area (Å²) in [4.78, 5) is 15.2. The summed E-state index contributed by atoms with van der Waals surface area (Å²) < 4.78 is 1.30. The van der Waals surface area contributed by atoms with Gasteiger partial charge >= 0.3 is 5.69 Å². The van der Waals surface area contributed by atoms with Crippen molar-refractivity contribution in [3.05, 3.63) is 51.0 Å². The van der Waals surface area contributed by atoms with Gasteiger partial charge in [0.15, 0.2) is 0 Å². The van der Waals surface area contributed by atoms with Gasteiger partial charge in [0.1, 0.15) is 5.82 Å². The van der Waals surface area contributed by atoms with Crippen LogP contribution in [0.3, 0.4) is 0 Å². The largest absolute Gasteiger partial charge is 0.382 e. The Morgan fingerprint density at radius 1 is 1.19 bits per heavy atom. The molecule has 4 nitrogen and oxygen atoms in total. The maximum absolute atomic E-state index is 11.6. The number of anilines is 1. The van der Waals surface area contributed by atoms with Crippen LogP contribution < -0.4 is 11.4 Å². The van der Waals surface area contributed by atoms with Gasteiger partial charge in [0.25, 0.3) is 0 Å². The van der Waals surface area contributed by atoms with Crippen molar-refractivity contribution in [3.63, 3.8) is 0 Å². The molecule has 16 heavy (non-hydrogen) atoms. The molecule has 82 valence electrons. The molecular weight excluding hydrogens is 249 g/mol. The Hall–Kier alpha value is -1.52. The van der Waals surface area contributed by atoms with Crippen LogP contribution in [0.5, 0.6) is 0 Å². The molecule has 2 aromatic rings. The molecule has 0 aliphatic rings. The normalized spacial score (nSPS) is 10.4. The monoisotopic (exact) mass is 255 g/mol. The van der Waals surface area contributed by atoms with E-state index in [9.17, 15) is 4.79 Å². The SMILES string of the molecule is Nc1nc(=O)n(-c2ccc(Cl)cc2)cc1Cl. The Morgan fingerprint density at radius 3 is 2.44 bits per heavy atom. The number of hydrogen-bond donors (Lipinski definition) is 1. The molecule has 1 aromatic carbocycles. The average Bonchev–Trinajstić information content (AvgIpc) is 2.25. The number of rotatable bonds is 1. The molecule has 0 spiro atoms. The molecule has 0 unspecified atom stereocenters. The highest BCUT2D eigenvalue weighted by Gasteiger charge is 2.05. The Kier molecular flexibility index (Phi) is 2.85. The van der Waals surface area contributed by atoms with E-state index >= 15 is 0 Å². The van der Waals surface area contributed by atoms with E-state index in [2.05, 4.69) is 4.98 Å². The van der Waals surface area contributed by atoms with Crippen LogP contribution >= 0.6 is 23.2 Å². The van der Waals surface area contributed by atoms with Gasteiger partial charge in [-0.05, 0) is 24.3 Å². The van der Waals surface area contributed by atoms with E-state index < -0.39 is 5.69 Å². The number of nitrogens with two attached hydrogens (primary N) is 1. The van der Waals surface area contributed by atoms with Crippen molar-refractivity contribution >= 4 is 29.0 Å². The van der Waals surface area contributed by atoms with E-state index in [1.54, 1.807) is 24.3 Å². The van der Waals surface area contributed by atoms with E-state index in [-0.39, 0.29) is 10.8 Å². The molecule has 0 radical (unpaired) electrons. The second kappa shape index (κ2) is 4.15. The van der Waals surface area contributed by atoms with Gasteiger partial charge in [0, 0.05) is 11.2 Å². The third-order valence-corrected chi connectivity index (χ3v) is 2.56. The first-order valence-electron chi connectivity index (χ1n) is 4.38. The Balaban J connectivity index is 2.60. The van der Waals surface area contributed by atoms with Gasteiger partial charge in [0.2, 0.25) is 0 Å². The first-order valence-corrected chi connectivity index (χ1v) is 5.14. The molecule has 1 heterocycles. The summed E-state index contributed by atoms with van der Waals surface area (Å²) in [7, 11) is 0. The highest BCUT2D eigenvalue weighted by molar-refractivity contribution is 6.32. The quantitative estimate of drug-likeness (QED) is 0.850. The molecule has 2 rings (SSSR count). The van der Waals surface area contributed by atoms with Crippen molar-refractivity contribution in [2.24, 2.45) is 0 Å². The fourth-order valence-electron chi connectivity index (χ4n) is 1.23. The molecule has 0 bridgehead atoms. The number of halogens is 2. The summed E-state index contributed by atoms with van der Waals surface area (Å²) >= 11 is 11.5. The molecule has 0 atom stereocenters. The standard InChI is InChI=1S/C10H7Cl2N3O/c11-6-1-3-7(4-2-6)15-5-8(12)9(13)14-10(15)16/h1-5H,(H2,13,14,16). The lowest BCUT2D eigenvalue weighted by Crippen LogP contribution is -2.22. The molecule has 1 aromatic heterocycles. The summed E-state index contributed by atoms with van der Waals surface area (Å²) in [6.45, 7) is 0. The molecule has 6 heteroatoms. The lowest BCUT2D eigenvalue weighted by atomic mass is 10.3. The van der Waals surface area contributed by atoms with Gasteiger partial charge in [-0.25, -0.2) is 4.79 Å². The topological polar surface area (TPSA) is 60.9 Å². The maximum atomic E-state index is 11.6. The third kappa shape index (κ3) is 2.03. The van der Waals surface area contributed by atoms with Gasteiger partial charge in [-0.1, -0.05) is 23.2 Å². The second-order valence-electron chi connectivity index (χ2n) is 3.10. The molecule has 0 aliphatic carbocycles. The molecular formula is C10H7Cl2N3O. The number of benzene rings is 1. The highest BCUT2D eigenvalue weighted by Crippen LogP contribution is 2.16. The van der Waals surface area contributed by atoms with Gasteiger partial charge < -0.3 is 5.73 Å². The van der Waals surface area contributed by atoms with Crippen LogP contribution in [-0.4, -0.2) is 9.55 Å². The van der Waals surface area contributed by atoms with Crippen molar-refractivity contribution in [1.29, 1.82) is 0 Å². The lowest BCUT2D eigenvalue weighted by Gasteiger charge is -2.06. The molecule has 2 N–H and O–H groups in total. The zero-order valence-corrected chi connectivity index (χ0v) is 9.53. The van der Waals surface area contributed by atoms with Gasteiger partial charge in [-0.3, -0.25) is 4.57 Å². The van der Waals surface area contributed by atoms with Crippen molar-refractivity contribution in [2.75, 3.05) is 5.73 Å². The molecule has 0 fully saturated rings. The van der Waals surface area contributed by atoms with E-state index in [1.807, 2.05) is 0 Å². The van der Waals surface area contributed by atoms with Crippen LogP contribution in [0.1, 0.15) is 0 Å².